The van der Waals surface area contributed by atoms with Gasteiger partial charge in [0.15, 0.2) is 0 Å². The van der Waals surface area contributed by atoms with Gasteiger partial charge in [0, 0.05) is 41.8 Å². The zero-order valence-electron chi connectivity index (χ0n) is 21.2. The minimum Gasteiger partial charge on any atom is -0.376 e. The molecule has 192 valence electrons. The van der Waals surface area contributed by atoms with E-state index in [1.807, 2.05) is 60.7 Å². The van der Waals surface area contributed by atoms with Crippen molar-refractivity contribution in [3.8, 4) is 0 Å². The summed E-state index contributed by atoms with van der Waals surface area (Å²) in [4.78, 5) is 39.4. The molecule has 7 heteroatoms. The fraction of sp³-hybridized carbons (Fsp3) is 0.129. The van der Waals surface area contributed by atoms with E-state index in [0.717, 1.165) is 11.3 Å². The summed E-state index contributed by atoms with van der Waals surface area (Å²) < 4.78 is 0. The van der Waals surface area contributed by atoms with Crippen LogP contribution in [0.4, 0.5) is 22.7 Å². The van der Waals surface area contributed by atoms with Crippen molar-refractivity contribution in [1.29, 1.82) is 0 Å². The smallest absolute Gasteiger partial charge is 0.258 e. The van der Waals surface area contributed by atoms with Gasteiger partial charge in [0.25, 0.3) is 5.91 Å². The molecule has 0 bridgehead atoms. The summed E-state index contributed by atoms with van der Waals surface area (Å²) in [5.74, 6) is -0.492. The Bertz CT molecular complexity index is 1390. The predicted molar refractivity (Wildman–Crippen MR) is 153 cm³/mol. The number of para-hydroxylation sites is 1. The van der Waals surface area contributed by atoms with Crippen molar-refractivity contribution >= 4 is 40.5 Å². The summed E-state index contributed by atoms with van der Waals surface area (Å²) in [7, 11) is 1.73. The van der Waals surface area contributed by atoms with Crippen LogP contribution >= 0.6 is 0 Å². The van der Waals surface area contributed by atoms with Crippen LogP contribution in [0.25, 0.3) is 0 Å². The average molecular weight is 507 g/mol. The van der Waals surface area contributed by atoms with Gasteiger partial charge in [-0.3, -0.25) is 14.4 Å². The van der Waals surface area contributed by atoms with Gasteiger partial charge in [-0.1, -0.05) is 60.7 Å². The summed E-state index contributed by atoms with van der Waals surface area (Å²) >= 11 is 0. The molecule has 0 atom stereocenters. The van der Waals surface area contributed by atoms with E-state index in [4.69, 9.17) is 0 Å². The van der Waals surface area contributed by atoms with E-state index in [0.29, 0.717) is 35.5 Å². The maximum atomic E-state index is 12.9. The monoisotopic (exact) mass is 506 g/mol. The van der Waals surface area contributed by atoms with Gasteiger partial charge in [-0.15, -0.1) is 0 Å². The molecule has 0 saturated carbocycles. The lowest BCUT2D eigenvalue weighted by atomic mass is 10.1. The molecule has 3 N–H and O–H groups in total. The van der Waals surface area contributed by atoms with E-state index in [2.05, 4.69) is 16.0 Å². The Morgan fingerprint density at radius 1 is 0.658 bits per heavy atom. The summed E-state index contributed by atoms with van der Waals surface area (Å²) in [6, 6.07) is 33.3. The first-order valence-corrected chi connectivity index (χ1v) is 12.4. The van der Waals surface area contributed by atoms with Crippen LogP contribution in [0.2, 0.25) is 0 Å². The number of carbonyl (C=O) groups is 3. The number of carbonyl (C=O) groups excluding carboxylic acids is 3. The summed E-state index contributed by atoms with van der Waals surface area (Å²) in [5.41, 5.74) is 4.26. The summed E-state index contributed by atoms with van der Waals surface area (Å²) in [5, 5.41) is 8.78. The Labute approximate surface area is 222 Å². The Kier molecular flexibility index (Phi) is 8.86. The van der Waals surface area contributed by atoms with E-state index >= 15 is 0 Å². The van der Waals surface area contributed by atoms with Crippen molar-refractivity contribution in [2.75, 3.05) is 34.4 Å². The van der Waals surface area contributed by atoms with Crippen molar-refractivity contribution in [1.82, 2.24) is 0 Å². The third-order valence-corrected chi connectivity index (χ3v) is 5.92. The molecule has 0 aromatic heterocycles. The van der Waals surface area contributed by atoms with E-state index in [-0.39, 0.29) is 24.3 Å². The molecule has 0 unspecified atom stereocenters. The van der Waals surface area contributed by atoms with E-state index in [9.17, 15) is 14.4 Å². The minimum atomic E-state index is -0.254. The molecule has 3 amide bonds. The van der Waals surface area contributed by atoms with Crippen LogP contribution in [-0.4, -0.2) is 31.3 Å². The minimum absolute atomic E-state index is 0.0137. The highest BCUT2D eigenvalue weighted by atomic mass is 16.2. The van der Waals surface area contributed by atoms with Crippen LogP contribution < -0.4 is 20.9 Å². The molecule has 0 aliphatic heterocycles. The second kappa shape index (κ2) is 12.9. The molecule has 0 aliphatic carbocycles. The van der Waals surface area contributed by atoms with Crippen LogP contribution in [0, 0.1) is 0 Å². The van der Waals surface area contributed by atoms with Crippen molar-refractivity contribution < 1.29 is 14.4 Å². The van der Waals surface area contributed by atoms with Gasteiger partial charge in [0.1, 0.15) is 0 Å². The number of amides is 3. The van der Waals surface area contributed by atoms with Crippen LogP contribution in [0.1, 0.15) is 22.3 Å². The maximum Gasteiger partial charge on any atom is 0.258 e. The van der Waals surface area contributed by atoms with Gasteiger partial charge in [-0.05, 0) is 60.5 Å². The second-order valence-corrected chi connectivity index (χ2v) is 8.80. The second-order valence-electron chi connectivity index (χ2n) is 8.80. The van der Waals surface area contributed by atoms with Crippen molar-refractivity contribution in [3.63, 3.8) is 0 Å². The fourth-order valence-corrected chi connectivity index (χ4v) is 3.91. The van der Waals surface area contributed by atoms with Gasteiger partial charge in [0.2, 0.25) is 11.8 Å². The number of aryl methyl sites for hydroxylation is 1. The zero-order valence-corrected chi connectivity index (χ0v) is 21.2. The Morgan fingerprint density at radius 3 is 1.97 bits per heavy atom. The molecule has 0 heterocycles. The van der Waals surface area contributed by atoms with Gasteiger partial charge in [-0.2, -0.15) is 0 Å². The maximum absolute atomic E-state index is 12.9. The Balaban J connectivity index is 1.27. The first-order chi connectivity index (χ1) is 18.5. The molecule has 4 aromatic rings. The number of anilines is 4. The average Bonchev–Trinajstić information content (AvgIpc) is 2.95. The van der Waals surface area contributed by atoms with Gasteiger partial charge in [-0.25, -0.2) is 0 Å². The van der Waals surface area contributed by atoms with Crippen LogP contribution in [0.3, 0.4) is 0 Å². The number of rotatable bonds is 10. The lowest BCUT2D eigenvalue weighted by Gasteiger charge is -2.18. The molecule has 7 nitrogen and oxygen atoms in total. The van der Waals surface area contributed by atoms with Crippen molar-refractivity contribution in [2.24, 2.45) is 0 Å². The largest absolute Gasteiger partial charge is 0.376 e. The lowest BCUT2D eigenvalue weighted by Crippen LogP contribution is -2.26. The topological polar surface area (TPSA) is 90.5 Å². The van der Waals surface area contributed by atoms with Crippen LogP contribution in [-0.2, 0) is 16.0 Å². The van der Waals surface area contributed by atoms with E-state index in [1.54, 1.807) is 60.5 Å². The molecule has 0 saturated heterocycles. The number of nitrogens with one attached hydrogen (secondary N) is 3. The molecule has 0 aliphatic rings. The number of hydrogen-bond acceptors (Lipinski definition) is 4. The quantitative estimate of drug-likeness (QED) is 0.262. The molecule has 4 aromatic carbocycles. The van der Waals surface area contributed by atoms with Gasteiger partial charge >= 0.3 is 0 Å². The molecule has 0 spiro atoms. The number of nitrogens with zero attached hydrogens (tertiary/aromatic N) is 1. The molecule has 0 radical (unpaired) electrons. The third-order valence-electron chi connectivity index (χ3n) is 5.92. The van der Waals surface area contributed by atoms with E-state index < -0.39 is 0 Å². The van der Waals surface area contributed by atoms with Gasteiger partial charge < -0.3 is 20.9 Å². The first kappa shape index (κ1) is 26.2. The third kappa shape index (κ3) is 7.54. The highest BCUT2D eigenvalue weighted by Gasteiger charge is 2.14. The van der Waals surface area contributed by atoms with E-state index in [1.165, 1.54) is 0 Å². The standard InChI is InChI=1S/C31H30N4O3/c1-35(28-16-6-3-7-17-28)31(38)24-12-8-13-25(20-24)32-22-30(37)34-27-15-9-14-26(21-27)33-29(36)19-18-23-10-4-2-5-11-23/h2-17,20-21,32H,18-19,22H2,1H3,(H,33,36)(H,34,37). The Morgan fingerprint density at radius 2 is 1.26 bits per heavy atom. The van der Waals surface area contributed by atoms with Crippen molar-refractivity contribution in [3.05, 3.63) is 120 Å². The Hall–Kier alpha value is -4.91. The first-order valence-electron chi connectivity index (χ1n) is 12.4. The summed E-state index contributed by atoms with van der Waals surface area (Å²) in [6.45, 7) is 0.0137. The highest BCUT2D eigenvalue weighted by molar-refractivity contribution is 6.06. The SMILES string of the molecule is CN(C(=O)c1cccc(NCC(=O)Nc2cccc(NC(=O)CCc3ccccc3)c2)c1)c1ccccc1. The molecular formula is C31H30N4O3. The lowest BCUT2D eigenvalue weighted by molar-refractivity contribution is -0.116. The summed E-state index contributed by atoms with van der Waals surface area (Å²) in [6.07, 6.45) is 1.03. The number of hydrogen-bond donors (Lipinski definition) is 3. The highest BCUT2D eigenvalue weighted by Crippen LogP contribution is 2.18. The van der Waals surface area contributed by atoms with Crippen LogP contribution in [0.5, 0.6) is 0 Å². The van der Waals surface area contributed by atoms with Crippen molar-refractivity contribution in [2.45, 2.75) is 12.8 Å². The molecule has 4 rings (SSSR count). The zero-order chi connectivity index (χ0) is 26.7. The van der Waals surface area contributed by atoms with Crippen LogP contribution in [0.15, 0.2) is 109 Å². The molecule has 38 heavy (non-hydrogen) atoms. The normalized spacial score (nSPS) is 10.3. The molecule has 0 fully saturated rings. The predicted octanol–water partition coefficient (Wildman–Crippen LogP) is 5.59. The van der Waals surface area contributed by atoms with Gasteiger partial charge in [0.05, 0.1) is 6.54 Å². The number of benzene rings is 4. The fourth-order valence-electron chi connectivity index (χ4n) is 3.91. The molecular weight excluding hydrogens is 476 g/mol.